The topological polar surface area (TPSA) is 46.3 Å². The standard InChI is InChI=1S/C14H20F2N2O/c1-4-5-13(17)14(19)18(3)9(2)11-8-10(15)6-7-12(11)16/h6-9,13H,4-5,17H2,1-3H3/t9?,13-/m1/s1. The van der Waals surface area contributed by atoms with Crippen molar-refractivity contribution >= 4 is 5.91 Å². The van der Waals surface area contributed by atoms with Gasteiger partial charge < -0.3 is 10.6 Å². The molecule has 0 heterocycles. The number of amides is 1. The summed E-state index contributed by atoms with van der Waals surface area (Å²) >= 11 is 0. The number of nitrogens with two attached hydrogens (primary N) is 1. The molecule has 0 aliphatic rings. The first-order valence-electron chi connectivity index (χ1n) is 6.35. The molecule has 5 heteroatoms. The van der Waals surface area contributed by atoms with E-state index in [1.165, 1.54) is 4.90 Å². The zero-order valence-corrected chi connectivity index (χ0v) is 11.5. The second kappa shape index (κ2) is 6.61. The largest absolute Gasteiger partial charge is 0.338 e. The molecular formula is C14H20F2N2O. The lowest BCUT2D eigenvalue weighted by molar-refractivity contribution is -0.133. The normalized spacial score (nSPS) is 14.0. The lowest BCUT2D eigenvalue weighted by atomic mass is 10.0. The van der Waals surface area contributed by atoms with Gasteiger partial charge in [0.1, 0.15) is 11.6 Å². The number of nitrogens with zero attached hydrogens (tertiary/aromatic N) is 1. The van der Waals surface area contributed by atoms with Gasteiger partial charge in [0, 0.05) is 12.6 Å². The average molecular weight is 270 g/mol. The van der Waals surface area contributed by atoms with E-state index in [4.69, 9.17) is 5.73 Å². The second-order valence-electron chi connectivity index (χ2n) is 4.69. The number of hydrogen-bond donors (Lipinski definition) is 1. The van der Waals surface area contributed by atoms with E-state index in [0.717, 1.165) is 24.6 Å². The highest BCUT2D eigenvalue weighted by Crippen LogP contribution is 2.23. The van der Waals surface area contributed by atoms with Crippen molar-refractivity contribution in [2.45, 2.75) is 38.8 Å². The van der Waals surface area contributed by atoms with Crippen LogP contribution in [-0.4, -0.2) is 23.9 Å². The number of carbonyl (C=O) groups excluding carboxylic acids is 1. The van der Waals surface area contributed by atoms with Gasteiger partial charge in [0.25, 0.3) is 0 Å². The minimum atomic E-state index is -0.603. The lowest BCUT2D eigenvalue weighted by Crippen LogP contribution is -2.42. The van der Waals surface area contributed by atoms with Gasteiger partial charge in [0.2, 0.25) is 5.91 Å². The zero-order chi connectivity index (χ0) is 14.6. The summed E-state index contributed by atoms with van der Waals surface area (Å²) in [6, 6.07) is 2.05. The number of benzene rings is 1. The minimum Gasteiger partial charge on any atom is -0.338 e. The first-order chi connectivity index (χ1) is 8.88. The number of likely N-dealkylation sites (N-methyl/N-ethyl adjacent to an activating group) is 1. The summed E-state index contributed by atoms with van der Waals surface area (Å²) in [7, 11) is 1.55. The van der Waals surface area contributed by atoms with Crippen LogP contribution in [0.2, 0.25) is 0 Å². The van der Waals surface area contributed by atoms with Crippen LogP contribution in [-0.2, 0) is 4.79 Å². The van der Waals surface area contributed by atoms with Crippen molar-refractivity contribution in [2.75, 3.05) is 7.05 Å². The van der Waals surface area contributed by atoms with Gasteiger partial charge in [-0.2, -0.15) is 0 Å². The van der Waals surface area contributed by atoms with E-state index in [2.05, 4.69) is 0 Å². The van der Waals surface area contributed by atoms with E-state index in [1.807, 2.05) is 6.92 Å². The van der Waals surface area contributed by atoms with Crippen LogP contribution in [0.25, 0.3) is 0 Å². The fraction of sp³-hybridized carbons (Fsp3) is 0.500. The van der Waals surface area contributed by atoms with Gasteiger partial charge in [-0.25, -0.2) is 8.78 Å². The van der Waals surface area contributed by atoms with Crippen molar-refractivity contribution in [3.05, 3.63) is 35.4 Å². The van der Waals surface area contributed by atoms with Crippen LogP contribution in [0.15, 0.2) is 18.2 Å². The van der Waals surface area contributed by atoms with Gasteiger partial charge in [0.15, 0.2) is 0 Å². The molecule has 0 bridgehead atoms. The third-order valence-corrected chi connectivity index (χ3v) is 3.25. The molecule has 1 aromatic rings. The molecule has 1 unspecified atom stereocenters. The Labute approximate surface area is 112 Å². The summed E-state index contributed by atoms with van der Waals surface area (Å²) in [5.74, 6) is -1.32. The molecule has 0 aliphatic heterocycles. The molecular weight excluding hydrogens is 250 g/mol. The molecule has 2 atom stereocenters. The van der Waals surface area contributed by atoms with E-state index in [1.54, 1.807) is 14.0 Å². The highest BCUT2D eigenvalue weighted by Gasteiger charge is 2.24. The van der Waals surface area contributed by atoms with Crippen LogP contribution in [0, 0.1) is 11.6 Å². The van der Waals surface area contributed by atoms with Gasteiger partial charge in [0.05, 0.1) is 12.1 Å². The molecule has 106 valence electrons. The average Bonchev–Trinajstić information content (AvgIpc) is 2.39. The fourth-order valence-corrected chi connectivity index (χ4v) is 1.93. The fourth-order valence-electron chi connectivity index (χ4n) is 1.93. The molecule has 0 saturated heterocycles. The van der Waals surface area contributed by atoms with Crippen molar-refractivity contribution in [2.24, 2.45) is 5.73 Å². The number of rotatable bonds is 5. The number of carbonyl (C=O) groups is 1. The van der Waals surface area contributed by atoms with Crippen molar-refractivity contribution in [3.8, 4) is 0 Å². The molecule has 0 fully saturated rings. The molecule has 3 nitrogen and oxygen atoms in total. The van der Waals surface area contributed by atoms with Gasteiger partial charge in [-0.05, 0) is 31.5 Å². The van der Waals surface area contributed by atoms with E-state index < -0.39 is 23.7 Å². The van der Waals surface area contributed by atoms with E-state index in [0.29, 0.717) is 6.42 Å². The first-order valence-corrected chi connectivity index (χ1v) is 6.35. The predicted molar refractivity (Wildman–Crippen MR) is 70.4 cm³/mol. The van der Waals surface area contributed by atoms with Gasteiger partial charge in [-0.1, -0.05) is 13.3 Å². The SMILES string of the molecule is CCC[C@@H](N)C(=O)N(C)C(C)c1cc(F)ccc1F. The lowest BCUT2D eigenvalue weighted by Gasteiger charge is -2.28. The molecule has 0 aromatic heterocycles. The molecule has 19 heavy (non-hydrogen) atoms. The van der Waals surface area contributed by atoms with Crippen molar-refractivity contribution < 1.29 is 13.6 Å². The quantitative estimate of drug-likeness (QED) is 0.894. The maximum absolute atomic E-state index is 13.7. The Morgan fingerprint density at radius 1 is 1.42 bits per heavy atom. The molecule has 0 spiro atoms. The van der Waals surface area contributed by atoms with Gasteiger partial charge >= 0.3 is 0 Å². The Bertz CT molecular complexity index is 451. The summed E-state index contributed by atoms with van der Waals surface area (Å²) in [6.07, 6.45) is 1.37. The van der Waals surface area contributed by atoms with Gasteiger partial charge in [-0.15, -0.1) is 0 Å². The maximum atomic E-state index is 13.7. The predicted octanol–water partition coefficient (Wildman–Crippen LogP) is 2.61. The van der Waals surface area contributed by atoms with Crippen molar-refractivity contribution in [1.29, 1.82) is 0 Å². The van der Waals surface area contributed by atoms with E-state index >= 15 is 0 Å². The Kier molecular flexibility index (Phi) is 5.42. The summed E-state index contributed by atoms with van der Waals surface area (Å²) in [6.45, 7) is 3.58. The van der Waals surface area contributed by atoms with Crippen LogP contribution in [0.1, 0.15) is 38.3 Å². The smallest absolute Gasteiger partial charge is 0.239 e. The minimum absolute atomic E-state index is 0.152. The van der Waals surface area contributed by atoms with Crippen LogP contribution < -0.4 is 5.73 Å². The highest BCUT2D eigenvalue weighted by atomic mass is 19.1. The van der Waals surface area contributed by atoms with Crippen LogP contribution in [0.5, 0.6) is 0 Å². The first kappa shape index (κ1) is 15.6. The second-order valence-corrected chi connectivity index (χ2v) is 4.69. The maximum Gasteiger partial charge on any atom is 0.239 e. The zero-order valence-electron chi connectivity index (χ0n) is 11.5. The monoisotopic (exact) mass is 270 g/mol. The Hall–Kier alpha value is -1.49. The number of halogens is 2. The molecule has 1 aromatic carbocycles. The summed E-state index contributed by atoms with van der Waals surface area (Å²) in [5, 5.41) is 0. The molecule has 1 rings (SSSR count). The third-order valence-electron chi connectivity index (χ3n) is 3.25. The van der Waals surface area contributed by atoms with E-state index in [9.17, 15) is 13.6 Å². The highest BCUT2D eigenvalue weighted by molar-refractivity contribution is 5.81. The molecule has 1 amide bonds. The summed E-state index contributed by atoms with van der Waals surface area (Å²) < 4.78 is 26.8. The third kappa shape index (κ3) is 3.73. The van der Waals surface area contributed by atoms with Crippen LogP contribution in [0.4, 0.5) is 8.78 Å². The molecule has 2 N–H and O–H groups in total. The summed E-state index contributed by atoms with van der Waals surface area (Å²) in [5.41, 5.74) is 5.91. The summed E-state index contributed by atoms with van der Waals surface area (Å²) in [4.78, 5) is 13.4. The van der Waals surface area contributed by atoms with Gasteiger partial charge in [-0.3, -0.25) is 4.79 Å². The van der Waals surface area contributed by atoms with Crippen LogP contribution in [0.3, 0.4) is 0 Å². The Morgan fingerprint density at radius 2 is 2.05 bits per heavy atom. The van der Waals surface area contributed by atoms with Crippen molar-refractivity contribution in [1.82, 2.24) is 4.90 Å². The van der Waals surface area contributed by atoms with Crippen molar-refractivity contribution in [3.63, 3.8) is 0 Å². The Balaban J connectivity index is 2.90. The van der Waals surface area contributed by atoms with E-state index in [-0.39, 0.29) is 11.5 Å². The molecule has 0 aliphatic carbocycles. The number of hydrogen-bond acceptors (Lipinski definition) is 2. The van der Waals surface area contributed by atoms with Crippen LogP contribution >= 0.6 is 0 Å². The molecule has 0 radical (unpaired) electrons. The molecule has 0 saturated carbocycles. The Morgan fingerprint density at radius 3 is 2.63 bits per heavy atom.